The molecule has 0 radical (unpaired) electrons. The summed E-state index contributed by atoms with van der Waals surface area (Å²) in [6.07, 6.45) is 1.42. The lowest BCUT2D eigenvalue weighted by Gasteiger charge is -2.34. The maximum Gasteiger partial charge on any atom is 0.244 e. The molecule has 0 unspecified atom stereocenters. The van der Waals surface area contributed by atoms with Gasteiger partial charge < -0.3 is 10.2 Å². The van der Waals surface area contributed by atoms with Gasteiger partial charge in [0.15, 0.2) is 0 Å². The van der Waals surface area contributed by atoms with Gasteiger partial charge in [-0.2, -0.15) is 0 Å². The van der Waals surface area contributed by atoms with Gasteiger partial charge in [0.1, 0.15) is 12.6 Å². The fourth-order valence-electron chi connectivity index (χ4n) is 3.48. The number of sulfonamides is 1. The molecular weight excluding hydrogens is 474 g/mol. The Morgan fingerprint density at radius 1 is 1.03 bits per heavy atom. The molecule has 1 N–H and O–H groups in total. The third-order valence-electron chi connectivity index (χ3n) is 5.15. The average molecular weight is 508 g/mol. The van der Waals surface area contributed by atoms with E-state index in [1.165, 1.54) is 4.90 Å². The maximum absolute atomic E-state index is 13.6. The summed E-state index contributed by atoms with van der Waals surface area (Å²) in [7, 11) is -3.78. The summed E-state index contributed by atoms with van der Waals surface area (Å²) in [4.78, 5) is 28.2. The molecule has 2 aromatic carbocycles. The number of halogens is 1. The van der Waals surface area contributed by atoms with E-state index in [1.54, 1.807) is 24.3 Å². The molecule has 34 heavy (non-hydrogen) atoms. The van der Waals surface area contributed by atoms with E-state index in [-0.39, 0.29) is 12.5 Å². The first-order valence-electron chi connectivity index (χ1n) is 11.1. The van der Waals surface area contributed by atoms with Crippen LogP contribution in [0.1, 0.15) is 45.2 Å². The highest BCUT2D eigenvalue weighted by molar-refractivity contribution is 7.92. The van der Waals surface area contributed by atoms with Gasteiger partial charge in [-0.3, -0.25) is 13.9 Å². The Morgan fingerprint density at radius 3 is 2.06 bits per heavy atom. The first kappa shape index (κ1) is 27.7. The number of anilines is 1. The van der Waals surface area contributed by atoms with Gasteiger partial charge in [-0.1, -0.05) is 48.4 Å². The number of hydrogen-bond acceptors (Lipinski definition) is 4. The predicted octanol–water partition coefficient (Wildman–Crippen LogP) is 4.14. The van der Waals surface area contributed by atoms with Crippen LogP contribution in [0.5, 0.6) is 0 Å². The zero-order valence-corrected chi connectivity index (χ0v) is 22.2. The van der Waals surface area contributed by atoms with Gasteiger partial charge in [0.2, 0.25) is 21.8 Å². The van der Waals surface area contributed by atoms with Crippen molar-refractivity contribution < 1.29 is 18.0 Å². The first-order chi connectivity index (χ1) is 15.7. The largest absolute Gasteiger partial charge is 0.350 e. The van der Waals surface area contributed by atoms with Gasteiger partial charge in [-0.25, -0.2) is 8.42 Å². The van der Waals surface area contributed by atoms with Crippen molar-refractivity contribution >= 4 is 39.1 Å². The highest BCUT2D eigenvalue weighted by atomic mass is 35.5. The molecule has 186 valence electrons. The topological polar surface area (TPSA) is 86.8 Å². The SMILES string of the molecule is CC[C@H](C(=O)NC(C)(C)C)N(Cc1ccc(C)cc1)C(=O)CN(c1ccc(Cl)cc1)S(C)(=O)=O. The Kier molecular flexibility index (Phi) is 9.14. The summed E-state index contributed by atoms with van der Waals surface area (Å²) in [6.45, 7) is 9.14. The molecule has 0 saturated heterocycles. The number of nitrogens with one attached hydrogen (secondary N) is 1. The number of benzene rings is 2. The van der Waals surface area contributed by atoms with Gasteiger partial charge >= 0.3 is 0 Å². The minimum Gasteiger partial charge on any atom is -0.350 e. The first-order valence-corrected chi connectivity index (χ1v) is 13.3. The third-order valence-corrected chi connectivity index (χ3v) is 6.54. The van der Waals surface area contributed by atoms with Crippen LogP contribution >= 0.6 is 11.6 Å². The normalized spacial score (nSPS) is 12.7. The Morgan fingerprint density at radius 2 is 1.59 bits per heavy atom. The van der Waals surface area contributed by atoms with Crippen molar-refractivity contribution in [2.24, 2.45) is 0 Å². The van der Waals surface area contributed by atoms with E-state index in [4.69, 9.17) is 11.6 Å². The number of carbonyl (C=O) groups excluding carboxylic acids is 2. The minimum absolute atomic E-state index is 0.174. The zero-order valence-electron chi connectivity index (χ0n) is 20.6. The summed E-state index contributed by atoms with van der Waals surface area (Å²) < 4.78 is 26.2. The molecule has 0 heterocycles. The molecule has 2 amide bonds. The number of amides is 2. The molecule has 2 rings (SSSR count). The molecule has 0 aliphatic rings. The highest BCUT2D eigenvalue weighted by Crippen LogP contribution is 2.22. The van der Waals surface area contributed by atoms with Gasteiger partial charge in [-0.05, 0) is 63.9 Å². The molecule has 0 aliphatic carbocycles. The minimum atomic E-state index is -3.78. The van der Waals surface area contributed by atoms with E-state index in [9.17, 15) is 18.0 Å². The molecule has 0 bridgehead atoms. The summed E-state index contributed by atoms with van der Waals surface area (Å²) in [5, 5.41) is 3.40. The van der Waals surface area contributed by atoms with Crippen LogP contribution in [0.15, 0.2) is 48.5 Å². The Balaban J connectivity index is 2.43. The van der Waals surface area contributed by atoms with Crippen LogP contribution in [0.2, 0.25) is 5.02 Å². The Labute approximate surface area is 208 Å². The van der Waals surface area contributed by atoms with Crippen molar-refractivity contribution in [3.8, 4) is 0 Å². The molecule has 7 nitrogen and oxygen atoms in total. The fourth-order valence-corrected chi connectivity index (χ4v) is 4.46. The average Bonchev–Trinajstić information content (AvgIpc) is 2.72. The van der Waals surface area contributed by atoms with Crippen molar-refractivity contribution in [1.29, 1.82) is 0 Å². The van der Waals surface area contributed by atoms with Crippen LogP contribution in [0, 0.1) is 6.92 Å². The summed E-state index contributed by atoms with van der Waals surface area (Å²) in [5.74, 6) is -0.760. The Hall–Kier alpha value is -2.58. The van der Waals surface area contributed by atoms with E-state index < -0.39 is 34.1 Å². The van der Waals surface area contributed by atoms with Crippen LogP contribution in [0.25, 0.3) is 0 Å². The number of nitrogens with zero attached hydrogens (tertiary/aromatic N) is 2. The quantitative estimate of drug-likeness (QED) is 0.552. The van der Waals surface area contributed by atoms with Crippen LogP contribution < -0.4 is 9.62 Å². The molecule has 0 fully saturated rings. The lowest BCUT2D eigenvalue weighted by Crippen LogP contribution is -2.55. The molecule has 1 atom stereocenters. The van der Waals surface area contributed by atoms with Crippen molar-refractivity contribution in [3.63, 3.8) is 0 Å². The molecule has 0 aliphatic heterocycles. The second-order valence-corrected chi connectivity index (χ2v) is 11.8. The standard InChI is InChI=1S/C25H34ClN3O4S/c1-7-22(24(31)27-25(3,4)5)28(16-19-10-8-18(2)9-11-19)23(30)17-29(34(6,32)33)21-14-12-20(26)13-15-21/h8-15,22H,7,16-17H2,1-6H3,(H,27,31)/t22-/m1/s1. The van der Waals surface area contributed by atoms with Crippen molar-refractivity contribution in [1.82, 2.24) is 10.2 Å². The van der Waals surface area contributed by atoms with Crippen LogP contribution in [-0.2, 0) is 26.2 Å². The molecule has 2 aromatic rings. The van der Waals surface area contributed by atoms with Gasteiger partial charge in [-0.15, -0.1) is 0 Å². The third kappa shape index (κ3) is 8.02. The van der Waals surface area contributed by atoms with E-state index in [0.29, 0.717) is 17.1 Å². The Bertz CT molecular complexity index is 1090. The monoisotopic (exact) mass is 507 g/mol. The van der Waals surface area contributed by atoms with Crippen molar-refractivity contribution in [2.75, 3.05) is 17.1 Å². The van der Waals surface area contributed by atoms with Crippen LogP contribution in [0.4, 0.5) is 5.69 Å². The predicted molar refractivity (Wildman–Crippen MR) is 137 cm³/mol. The smallest absolute Gasteiger partial charge is 0.244 e. The van der Waals surface area contributed by atoms with E-state index in [1.807, 2.05) is 58.9 Å². The summed E-state index contributed by atoms with van der Waals surface area (Å²) >= 11 is 5.95. The second kappa shape index (κ2) is 11.2. The summed E-state index contributed by atoms with van der Waals surface area (Å²) in [6, 6.07) is 13.1. The number of rotatable bonds is 9. The van der Waals surface area contributed by atoms with Crippen LogP contribution in [-0.4, -0.2) is 49.5 Å². The second-order valence-electron chi connectivity index (χ2n) is 9.42. The molecule has 9 heteroatoms. The highest BCUT2D eigenvalue weighted by Gasteiger charge is 2.33. The molecular formula is C25H34ClN3O4S. The lowest BCUT2D eigenvalue weighted by atomic mass is 10.1. The van der Waals surface area contributed by atoms with E-state index in [0.717, 1.165) is 21.7 Å². The van der Waals surface area contributed by atoms with Crippen LogP contribution in [0.3, 0.4) is 0 Å². The number of hydrogen-bond donors (Lipinski definition) is 1. The number of aryl methyl sites for hydroxylation is 1. The summed E-state index contributed by atoms with van der Waals surface area (Å²) in [5.41, 5.74) is 1.76. The van der Waals surface area contributed by atoms with E-state index in [2.05, 4.69) is 5.32 Å². The maximum atomic E-state index is 13.6. The van der Waals surface area contributed by atoms with Gasteiger partial charge in [0.05, 0.1) is 11.9 Å². The van der Waals surface area contributed by atoms with Gasteiger partial charge in [0, 0.05) is 17.1 Å². The van der Waals surface area contributed by atoms with E-state index >= 15 is 0 Å². The molecule has 0 saturated carbocycles. The van der Waals surface area contributed by atoms with Crippen molar-refractivity contribution in [3.05, 3.63) is 64.7 Å². The zero-order chi connectivity index (χ0) is 25.7. The number of carbonyl (C=O) groups is 2. The molecule has 0 aromatic heterocycles. The van der Waals surface area contributed by atoms with Crippen molar-refractivity contribution in [2.45, 2.75) is 59.2 Å². The fraction of sp³-hybridized carbons (Fsp3) is 0.440. The van der Waals surface area contributed by atoms with Gasteiger partial charge in [0.25, 0.3) is 0 Å². The molecule has 0 spiro atoms. The lowest BCUT2D eigenvalue weighted by molar-refractivity contribution is -0.141.